The molecule has 6 nitrogen and oxygen atoms in total. The molecule has 0 N–H and O–H groups in total. The summed E-state index contributed by atoms with van der Waals surface area (Å²) in [6.07, 6.45) is 0. The van der Waals surface area contributed by atoms with E-state index in [2.05, 4.69) is 0 Å². The molecule has 0 fully saturated rings. The van der Waals surface area contributed by atoms with Crippen molar-refractivity contribution in [1.82, 2.24) is 0 Å². The number of benzene rings is 1. The van der Waals surface area contributed by atoms with E-state index in [9.17, 15) is 19.2 Å². The zero-order valence-electron chi connectivity index (χ0n) is 14.3. The highest BCUT2D eigenvalue weighted by Crippen LogP contribution is 2.15. The minimum absolute atomic E-state index is 0.204. The summed E-state index contributed by atoms with van der Waals surface area (Å²) in [6, 6.07) is 5.85. The van der Waals surface area contributed by atoms with E-state index >= 15 is 0 Å². The zero-order valence-corrected chi connectivity index (χ0v) is 14.3. The van der Waals surface area contributed by atoms with Crippen LogP contribution < -0.4 is 0 Å². The maximum atomic E-state index is 12.2. The summed E-state index contributed by atoms with van der Waals surface area (Å²) >= 11 is 0. The smallest absolute Gasteiger partial charge is 0.316 e. The first-order valence-corrected chi connectivity index (χ1v) is 7.85. The summed E-state index contributed by atoms with van der Waals surface area (Å²) in [7, 11) is 0. The van der Waals surface area contributed by atoms with Crippen LogP contribution in [0, 0.1) is 11.8 Å². The maximum absolute atomic E-state index is 12.2. The van der Waals surface area contributed by atoms with Gasteiger partial charge in [-0.3, -0.25) is 19.2 Å². The molecule has 0 radical (unpaired) electrons. The molecule has 130 valence electrons. The van der Waals surface area contributed by atoms with E-state index in [1.54, 1.807) is 13.8 Å². The second-order valence-corrected chi connectivity index (χ2v) is 5.25. The third-order valence-corrected chi connectivity index (χ3v) is 3.52. The Bertz CT molecular complexity index is 562. The normalized spacial score (nSPS) is 12.8. The lowest BCUT2D eigenvalue weighted by Crippen LogP contribution is -2.24. The molecule has 1 aromatic rings. The fourth-order valence-electron chi connectivity index (χ4n) is 2.05. The Hall–Kier alpha value is -2.50. The molecule has 2 atom stereocenters. The molecular weight excluding hydrogens is 312 g/mol. The second kappa shape index (κ2) is 8.96. The van der Waals surface area contributed by atoms with Gasteiger partial charge in [-0.1, -0.05) is 24.3 Å². The number of hydrogen-bond donors (Lipinski definition) is 0. The highest BCUT2D eigenvalue weighted by atomic mass is 16.5. The van der Waals surface area contributed by atoms with Gasteiger partial charge in [0.25, 0.3) is 0 Å². The van der Waals surface area contributed by atoms with Crippen molar-refractivity contribution in [1.29, 1.82) is 0 Å². The van der Waals surface area contributed by atoms with Gasteiger partial charge < -0.3 is 9.47 Å². The molecule has 0 unspecified atom stereocenters. The van der Waals surface area contributed by atoms with Gasteiger partial charge in [-0.25, -0.2) is 0 Å². The molecule has 0 aliphatic carbocycles. The molecule has 1 rings (SSSR count). The van der Waals surface area contributed by atoms with E-state index in [0.29, 0.717) is 11.1 Å². The molecule has 0 spiro atoms. The first-order valence-electron chi connectivity index (χ1n) is 7.85. The van der Waals surface area contributed by atoms with E-state index in [-0.39, 0.29) is 24.8 Å². The minimum atomic E-state index is -0.912. The van der Waals surface area contributed by atoms with Gasteiger partial charge in [0.05, 0.1) is 13.2 Å². The Balaban J connectivity index is 2.85. The second-order valence-electron chi connectivity index (χ2n) is 5.25. The monoisotopic (exact) mass is 334 g/mol. The number of rotatable bonds is 8. The number of carbonyl (C=O) groups excluding carboxylic acids is 4. The number of carbonyl (C=O) groups is 4. The number of Topliss-reactive ketones (excluding diaryl/α,β-unsaturated/α-hetero) is 2. The lowest BCUT2D eigenvalue weighted by molar-refractivity contribution is -0.146. The summed E-state index contributed by atoms with van der Waals surface area (Å²) < 4.78 is 9.65. The standard InChI is InChI=1S/C18H22O6/c1-5-23-17(21)11(3)15(19)13-7-9-14(10-8-13)16(20)12(4)18(22)24-6-2/h7-12H,5-6H2,1-4H3/t11-,12+. The molecule has 0 aliphatic heterocycles. The van der Waals surface area contributed by atoms with Crippen LogP contribution in [0.2, 0.25) is 0 Å². The van der Waals surface area contributed by atoms with Crippen molar-refractivity contribution in [2.75, 3.05) is 13.2 Å². The van der Waals surface area contributed by atoms with Crippen LogP contribution in [0.25, 0.3) is 0 Å². The quantitative estimate of drug-likeness (QED) is 0.412. The van der Waals surface area contributed by atoms with E-state index in [4.69, 9.17) is 9.47 Å². The van der Waals surface area contributed by atoms with Crippen molar-refractivity contribution in [2.45, 2.75) is 27.7 Å². The van der Waals surface area contributed by atoms with E-state index in [1.165, 1.54) is 38.1 Å². The van der Waals surface area contributed by atoms with Crippen LogP contribution in [0.5, 0.6) is 0 Å². The van der Waals surface area contributed by atoms with Crippen molar-refractivity contribution in [3.05, 3.63) is 35.4 Å². The number of hydrogen-bond acceptors (Lipinski definition) is 6. The molecule has 0 aromatic heterocycles. The van der Waals surface area contributed by atoms with Crippen LogP contribution >= 0.6 is 0 Å². The number of ketones is 2. The third-order valence-electron chi connectivity index (χ3n) is 3.52. The van der Waals surface area contributed by atoms with E-state index in [1.807, 2.05) is 0 Å². The van der Waals surface area contributed by atoms with Crippen molar-refractivity contribution in [3.8, 4) is 0 Å². The van der Waals surface area contributed by atoms with Gasteiger partial charge in [-0.15, -0.1) is 0 Å². The molecular formula is C18H22O6. The van der Waals surface area contributed by atoms with Gasteiger partial charge in [-0.2, -0.15) is 0 Å². The van der Waals surface area contributed by atoms with Gasteiger partial charge >= 0.3 is 11.9 Å². The topological polar surface area (TPSA) is 86.7 Å². The Morgan fingerprint density at radius 2 is 1.04 bits per heavy atom. The predicted molar refractivity (Wildman–Crippen MR) is 86.7 cm³/mol. The van der Waals surface area contributed by atoms with Gasteiger partial charge in [-0.05, 0) is 27.7 Å². The Morgan fingerprint density at radius 3 is 1.29 bits per heavy atom. The van der Waals surface area contributed by atoms with Crippen molar-refractivity contribution in [2.24, 2.45) is 11.8 Å². The van der Waals surface area contributed by atoms with Crippen LogP contribution in [-0.4, -0.2) is 36.7 Å². The summed E-state index contributed by atoms with van der Waals surface area (Å²) in [5, 5.41) is 0. The first kappa shape index (κ1) is 19.5. The number of esters is 2. The molecule has 6 heteroatoms. The average Bonchev–Trinajstić information content (AvgIpc) is 2.59. The van der Waals surface area contributed by atoms with Crippen molar-refractivity contribution >= 4 is 23.5 Å². The lowest BCUT2D eigenvalue weighted by atomic mass is 9.95. The lowest BCUT2D eigenvalue weighted by Gasteiger charge is -2.11. The molecule has 1 aromatic carbocycles. The Labute approximate surface area is 141 Å². The van der Waals surface area contributed by atoms with Crippen molar-refractivity contribution < 1.29 is 28.7 Å². The van der Waals surface area contributed by atoms with Crippen LogP contribution in [0.15, 0.2) is 24.3 Å². The minimum Gasteiger partial charge on any atom is -0.465 e. The molecule has 0 amide bonds. The Morgan fingerprint density at radius 1 is 0.750 bits per heavy atom. The van der Waals surface area contributed by atoms with Crippen molar-refractivity contribution in [3.63, 3.8) is 0 Å². The largest absolute Gasteiger partial charge is 0.465 e. The summed E-state index contributed by atoms with van der Waals surface area (Å²) in [4.78, 5) is 47.6. The highest BCUT2D eigenvalue weighted by Gasteiger charge is 2.26. The summed E-state index contributed by atoms with van der Waals surface area (Å²) in [5.41, 5.74) is 0.604. The summed E-state index contributed by atoms with van der Waals surface area (Å²) in [6.45, 7) is 6.69. The van der Waals surface area contributed by atoms with Gasteiger partial charge in [0.1, 0.15) is 11.8 Å². The Kier molecular flexibility index (Phi) is 7.30. The molecule has 0 saturated carbocycles. The third kappa shape index (κ3) is 4.75. The van der Waals surface area contributed by atoms with Crippen LogP contribution in [0.4, 0.5) is 0 Å². The van der Waals surface area contributed by atoms with E-state index in [0.717, 1.165) is 0 Å². The van der Waals surface area contributed by atoms with Crippen LogP contribution in [-0.2, 0) is 19.1 Å². The first-order chi connectivity index (χ1) is 11.3. The molecule has 0 bridgehead atoms. The van der Waals surface area contributed by atoms with Crippen LogP contribution in [0.3, 0.4) is 0 Å². The zero-order chi connectivity index (χ0) is 18.3. The van der Waals surface area contributed by atoms with Gasteiger partial charge in [0, 0.05) is 11.1 Å². The fourth-order valence-corrected chi connectivity index (χ4v) is 2.05. The summed E-state index contributed by atoms with van der Waals surface area (Å²) in [5.74, 6) is -3.76. The van der Waals surface area contributed by atoms with E-state index < -0.39 is 23.8 Å². The van der Waals surface area contributed by atoms with Gasteiger partial charge in [0.15, 0.2) is 11.6 Å². The molecule has 0 heterocycles. The molecule has 24 heavy (non-hydrogen) atoms. The number of ether oxygens (including phenoxy) is 2. The predicted octanol–water partition coefficient (Wildman–Crippen LogP) is 2.45. The average molecular weight is 334 g/mol. The molecule has 0 aliphatic rings. The van der Waals surface area contributed by atoms with Gasteiger partial charge in [0.2, 0.25) is 0 Å². The highest BCUT2D eigenvalue weighted by molar-refractivity contribution is 6.10. The fraction of sp³-hybridized carbons (Fsp3) is 0.444. The SMILES string of the molecule is CCOC(=O)[C@@H](C)C(=O)c1ccc(C(=O)[C@@H](C)C(=O)OCC)cc1. The van der Waals surface area contributed by atoms with Crippen LogP contribution in [0.1, 0.15) is 48.4 Å². The molecule has 0 saturated heterocycles. The maximum Gasteiger partial charge on any atom is 0.316 e.